The lowest BCUT2D eigenvalue weighted by molar-refractivity contribution is 0.174. The minimum atomic E-state index is 0.272. The van der Waals surface area contributed by atoms with Gasteiger partial charge in [0.05, 0.1) is 6.20 Å². The van der Waals surface area contributed by atoms with Gasteiger partial charge in [0.25, 0.3) is 0 Å². The second-order valence-corrected chi connectivity index (χ2v) is 6.89. The van der Waals surface area contributed by atoms with Gasteiger partial charge in [-0.15, -0.1) is 5.10 Å². The molecule has 3 aromatic rings. The quantitative estimate of drug-likeness (QED) is 0.674. The molecule has 0 saturated heterocycles. The molecule has 0 unspecified atom stereocenters. The summed E-state index contributed by atoms with van der Waals surface area (Å²) >= 11 is 0. The van der Waals surface area contributed by atoms with Crippen molar-refractivity contribution in [3.05, 3.63) is 65.9 Å². The van der Waals surface area contributed by atoms with E-state index < -0.39 is 0 Å². The molecule has 1 aliphatic rings. The number of hydrogen-bond donors (Lipinski definition) is 1. The first kappa shape index (κ1) is 18.0. The molecule has 4 rings (SSSR count). The Labute approximate surface area is 164 Å². The normalized spacial score (nSPS) is 12.2. The molecule has 0 atom stereocenters. The molecule has 144 valence electrons. The molecular formula is C21H23N5O2. The van der Waals surface area contributed by atoms with E-state index in [1.807, 2.05) is 36.4 Å². The fourth-order valence-corrected chi connectivity index (χ4v) is 3.05. The lowest BCUT2D eigenvalue weighted by Crippen LogP contribution is -2.31. The third kappa shape index (κ3) is 4.14. The van der Waals surface area contributed by atoms with Gasteiger partial charge in [0.1, 0.15) is 0 Å². The summed E-state index contributed by atoms with van der Waals surface area (Å²) in [5.41, 5.74) is 2.29. The molecule has 2 heterocycles. The van der Waals surface area contributed by atoms with Gasteiger partial charge in [-0.05, 0) is 37.1 Å². The average Bonchev–Trinajstić information content (AvgIpc) is 3.19. The molecule has 0 radical (unpaired) electrons. The van der Waals surface area contributed by atoms with Gasteiger partial charge in [0, 0.05) is 19.1 Å². The van der Waals surface area contributed by atoms with Crippen LogP contribution in [-0.2, 0) is 13.1 Å². The minimum absolute atomic E-state index is 0.272. The number of ether oxygens (including phenoxy) is 2. The van der Waals surface area contributed by atoms with Crippen molar-refractivity contribution in [2.45, 2.75) is 33.0 Å². The van der Waals surface area contributed by atoms with E-state index in [1.54, 1.807) is 6.20 Å². The molecule has 0 saturated carbocycles. The van der Waals surface area contributed by atoms with Gasteiger partial charge in [-0.1, -0.05) is 36.4 Å². The summed E-state index contributed by atoms with van der Waals surface area (Å²) in [5.74, 6) is 2.83. The first-order valence-corrected chi connectivity index (χ1v) is 9.32. The number of fused-ring (bicyclic) bond motifs is 1. The second kappa shape index (κ2) is 8.12. The first-order chi connectivity index (χ1) is 13.7. The highest BCUT2D eigenvalue weighted by Crippen LogP contribution is 2.32. The number of nitrogens with one attached hydrogen (secondary N) is 1. The number of anilines is 2. The van der Waals surface area contributed by atoms with Gasteiger partial charge in [-0.2, -0.15) is 10.1 Å². The molecule has 1 N–H and O–H groups in total. The zero-order chi connectivity index (χ0) is 19.3. The van der Waals surface area contributed by atoms with Crippen LogP contribution < -0.4 is 19.7 Å². The molecule has 7 nitrogen and oxygen atoms in total. The van der Waals surface area contributed by atoms with Crippen LogP contribution in [0.3, 0.4) is 0 Å². The van der Waals surface area contributed by atoms with Crippen molar-refractivity contribution in [2.75, 3.05) is 17.0 Å². The number of aromatic nitrogens is 3. The van der Waals surface area contributed by atoms with Gasteiger partial charge in [-0.25, -0.2) is 0 Å². The highest BCUT2D eigenvalue weighted by Gasteiger charge is 2.15. The standard InChI is InChI=1S/C21H23N5O2/c1-15(2)26(13-16-6-4-3-5-7-16)20-12-23-25-21(24-20)22-11-17-8-9-18-19(10-17)28-14-27-18/h3-10,12,15H,11,13-14H2,1-2H3,(H,22,24,25). The highest BCUT2D eigenvalue weighted by atomic mass is 16.7. The maximum Gasteiger partial charge on any atom is 0.244 e. The molecule has 2 aromatic carbocycles. The van der Waals surface area contributed by atoms with Crippen molar-refractivity contribution in [3.8, 4) is 11.5 Å². The van der Waals surface area contributed by atoms with Gasteiger partial charge in [0.2, 0.25) is 12.7 Å². The molecule has 7 heteroatoms. The molecule has 0 bridgehead atoms. The maximum atomic E-state index is 5.42. The van der Waals surface area contributed by atoms with Gasteiger partial charge in [0.15, 0.2) is 17.3 Å². The fraction of sp³-hybridized carbons (Fsp3) is 0.286. The predicted octanol–water partition coefficient (Wildman–Crippen LogP) is 3.63. The molecule has 0 amide bonds. The molecule has 0 fully saturated rings. The van der Waals surface area contributed by atoms with E-state index in [0.717, 1.165) is 29.4 Å². The fourth-order valence-electron chi connectivity index (χ4n) is 3.05. The zero-order valence-corrected chi connectivity index (χ0v) is 16.0. The Morgan fingerprint density at radius 2 is 1.86 bits per heavy atom. The van der Waals surface area contributed by atoms with E-state index >= 15 is 0 Å². The third-order valence-electron chi connectivity index (χ3n) is 4.55. The SMILES string of the molecule is CC(C)N(Cc1ccccc1)c1cnnc(NCc2ccc3c(c2)OCO3)n1. The maximum absolute atomic E-state index is 5.42. The summed E-state index contributed by atoms with van der Waals surface area (Å²) in [6, 6.07) is 16.5. The number of hydrogen-bond acceptors (Lipinski definition) is 7. The molecule has 1 aromatic heterocycles. The van der Waals surface area contributed by atoms with Crippen LogP contribution in [0.25, 0.3) is 0 Å². The summed E-state index contributed by atoms with van der Waals surface area (Å²) in [7, 11) is 0. The van der Waals surface area contributed by atoms with E-state index in [-0.39, 0.29) is 12.8 Å². The van der Waals surface area contributed by atoms with E-state index in [9.17, 15) is 0 Å². The van der Waals surface area contributed by atoms with Crippen LogP contribution in [0.5, 0.6) is 11.5 Å². The Kier molecular flexibility index (Phi) is 5.23. The Hall–Kier alpha value is -3.35. The average molecular weight is 377 g/mol. The van der Waals surface area contributed by atoms with Crippen LogP contribution in [-0.4, -0.2) is 28.0 Å². The van der Waals surface area contributed by atoms with Crippen LogP contribution >= 0.6 is 0 Å². The Morgan fingerprint density at radius 1 is 1.04 bits per heavy atom. The van der Waals surface area contributed by atoms with Crippen LogP contribution in [0.4, 0.5) is 11.8 Å². The van der Waals surface area contributed by atoms with Crippen molar-refractivity contribution in [2.24, 2.45) is 0 Å². The smallest absolute Gasteiger partial charge is 0.244 e. The third-order valence-corrected chi connectivity index (χ3v) is 4.55. The lowest BCUT2D eigenvalue weighted by atomic mass is 10.2. The Morgan fingerprint density at radius 3 is 2.68 bits per heavy atom. The minimum Gasteiger partial charge on any atom is -0.454 e. The highest BCUT2D eigenvalue weighted by molar-refractivity contribution is 5.46. The summed E-state index contributed by atoms with van der Waals surface area (Å²) in [6.07, 6.45) is 1.70. The first-order valence-electron chi connectivity index (χ1n) is 9.32. The summed E-state index contributed by atoms with van der Waals surface area (Å²) in [5, 5.41) is 11.5. The lowest BCUT2D eigenvalue weighted by Gasteiger charge is -2.27. The van der Waals surface area contributed by atoms with Crippen molar-refractivity contribution >= 4 is 11.8 Å². The largest absolute Gasteiger partial charge is 0.454 e. The Balaban J connectivity index is 1.46. The van der Waals surface area contributed by atoms with Crippen molar-refractivity contribution in [1.29, 1.82) is 0 Å². The molecule has 28 heavy (non-hydrogen) atoms. The van der Waals surface area contributed by atoms with Gasteiger partial charge >= 0.3 is 0 Å². The summed E-state index contributed by atoms with van der Waals surface area (Å²) in [4.78, 5) is 6.87. The summed E-state index contributed by atoms with van der Waals surface area (Å²) < 4.78 is 10.8. The van der Waals surface area contributed by atoms with Gasteiger partial charge in [-0.3, -0.25) is 0 Å². The second-order valence-electron chi connectivity index (χ2n) is 6.89. The van der Waals surface area contributed by atoms with Crippen LogP contribution in [0, 0.1) is 0 Å². The molecule has 1 aliphatic heterocycles. The molecule has 0 aliphatic carbocycles. The number of benzene rings is 2. The van der Waals surface area contributed by atoms with Gasteiger partial charge < -0.3 is 19.7 Å². The van der Waals surface area contributed by atoms with Crippen LogP contribution in [0.1, 0.15) is 25.0 Å². The van der Waals surface area contributed by atoms with E-state index in [1.165, 1.54) is 5.56 Å². The number of nitrogens with zero attached hydrogens (tertiary/aromatic N) is 4. The van der Waals surface area contributed by atoms with E-state index in [0.29, 0.717) is 12.5 Å². The summed E-state index contributed by atoms with van der Waals surface area (Å²) in [6.45, 7) is 5.89. The monoisotopic (exact) mass is 377 g/mol. The predicted molar refractivity (Wildman–Crippen MR) is 107 cm³/mol. The molecule has 0 spiro atoms. The van der Waals surface area contributed by atoms with Crippen molar-refractivity contribution < 1.29 is 9.47 Å². The van der Waals surface area contributed by atoms with Crippen LogP contribution in [0.2, 0.25) is 0 Å². The van der Waals surface area contributed by atoms with E-state index in [2.05, 4.69) is 51.4 Å². The topological polar surface area (TPSA) is 72.4 Å². The number of rotatable bonds is 7. The van der Waals surface area contributed by atoms with Crippen LogP contribution in [0.15, 0.2) is 54.7 Å². The van der Waals surface area contributed by atoms with Crippen molar-refractivity contribution in [1.82, 2.24) is 15.2 Å². The zero-order valence-electron chi connectivity index (χ0n) is 16.0. The Bertz CT molecular complexity index is 933. The van der Waals surface area contributed by atoms with E-state index in [4.69, 9.17) is 9.47 Å². The molecular weight excluding hydrogens is 354 g/mol. The van der Waals surface area contributed by atoms with Crippen molar-refractivity contribution in [3.63, 3.8) is 0 Å².